The third-order valence-corrected chi connectivity index (χ3v) is 5.20. The minimum atomic E-state index is -2.95. The maximum Gasteiger partial charge on any atom is 0.191 e. The zero-order valence-electron chi connectivity index (χ0n) is 16.5. The molecule has 2 N–H and O–H groups in total. The number of hydrogen-bond donors (Lipinski definition) is 2. The molecule has 1 heterocycles. The molecule has 7 nitrogen and oxygen atoms in total. The van der Waals surface area contributed by atoms with Gasteiger partial charge in [-0.2, -0.15) is 0 Å². The topological polar surface area (TPSA) is 83.0 Å². The fourth-order valence-electron chi connectivity index (χ4n) is 2.85. The number of guanidine groups is 1. The first-order chi connectivity index (χ1) is 11.9. The lowest BCUT2D eigenvalue weighted by Crippen LogP contribution is -2.40. The first-order valence-corrected chi connectivity index (χ1v) is 11.5. The lowest BCUT2D eigenvalue weighted by atomic mass is 10.0. The summed E-state index contributed by atoms with van der Waals surface area (Å²) in [6.07, 6.45) is 6.27. The van der Waals surface area contributed by atoms with Gasteiger partial charge in [-0.15, -0.1) is 24.0 Å². The van der Waals surface area contributed by atoms with Crippen LogP contribution in [-0.4, -0.2) is 83.3 Å². The minimum Gasteiger partial charge on any atom is -0.379 e. The van der Waals surface area contributed by atoms with E-state index >= 15 is 0 Å². The van der Waals surface area contributed by atoms with Gasteiger partial charge >= 0.3 is 0 Å². The number of ether oxygens (including phenoxy) is 1. The third kappa shape index (κ3) is 13.1. The molecule has 26 heavy (non-hydrogen) atoms. The number of hydrogen-bond acceptors (Lipinski definition) is 5. The van der Waals surface area contributed by atoms with Crippen LogP contribution >= 0.6 is 24.0 Å². The maximum absolute atomic E-state index is 11.0. The van der Waals surface area contributed by atoms with Crippen LogP contribution in [-0.2, 0) is 14.6 Å². The summed E-state index contributed by atoms with van der Waals surface area (Å²) >= 11 is 0. The summed E-state index contributed by atoms with van der Waals surface area (Å²) in [6.45, 7) is 9.60. The van der Waals surface area contributed by atoms with Crippen molar-refractivity contribution in [3.8, 4) is 0 Å². The lowest BCUT2D eigenvalue weighted by molar-refractivity contribution is 0.154. The number of aliphatic imine (C=N–C) groups is 1. The molecule has 0 aromatic carbocycles. The second-order valence-corrected chi connectivity index (χ2v) is 8.92. The van der Waals surface area contributed by atoms with Crippen LogP contribution in [0.15, 0.2) is 4.99 Å². The Morgan fingerprint density at radius 3 is 2.69 bits per heavy atom. The van der Waals surface area contributed by atoms with Crippen molar-refractivity contribution < 1.29 is 13.2 Å². The number of piperidine rings is 1. The van der Waals surface area contributed by atoms with Gasteiger partial charge in [0.05, 0.1) is 19.0 Å². The predicted octanol–water partition coefficient (Wildman–Crippen LogP) is 1.49. The standard InChI is InChI=1S/C17H36N4O3S.HI/c1-4-18-17(20-10-13-24-14-15-25(3,22)23)19-9-7-12-21-11-6-5-8-16(21)2;/h16H,4-15H2,1-3H3,(H2,18,19,20);1H. The van der Waals surface area contributed by atoms with Crippen molar-refractivity contribution in [1.29, 1.82) is 0 Å². The van der Waals surface area contributed by atoms with Gasteiger partial charge in [-0.25, -0.2) is 8.42 Å². The largest absolute Gasteiger partial charge is 0.379 e. The summed E-state index contributed by atoms with van der Waals surface area (Å²) in [5, 5.41) is 6.44. The number of sulfone groups is 1. The highest BCUT2D eigenvalue weighted by Crippen LogP contribution is 2.16. The minimum absolute atomic E-state index is 0. The van der Waals surface area contributed by atoms with Crippen molar-refractivity contribution in [3.63, 3.8) is 0 Å². The Kier molecular flexibility index (Phi) is 14.8. The molecule has 0 radical (unpaired) electrons. The van der Waals surface area contributed by atoms with E-state index in [0.717, 1.165) is 32.0 Å². The predicted molar refractivity (Wildman–Crippen MR) is 119 cm³/mol. The highest BCUT2D eigenvalue weighted by molar-refractivity contribution is 14.0. The summed E-state index contributed by atoms with van der Waals surface area (Å²) in [6, 6.07) is 0.702. The van der Waals surface area contributed by atoms with Gasteiger partial charge in [-0.1, -0.05) is 6.42 Å². The Bertz CT molecular complexity index is 488. The van der Waals surface area contributed by atoms with E-state index in [4.69, 9.17) is 4.74 Å². The van der Waals surface area contributed by atoms with Crippen molar-refractivity contribution in [2.45, 2.75) is 45.6 Å². The molecule has 1 fully saturated rings. The fraction of sp³-hybridized carbons (Fsp3) is 0.941. The SMILES string of the molecule is CCNC(=NCCCN1CCCCC1C)NCCOCCS(C)(=O)=O.I. The van der Waals surface area contributed by atoms with Crippen LogP contribution in [0.2, 0.25) is 0 Å². The zero-order valence-corrected chi connectivity index (χ0v) is 19.6. The molecule has 1 aliphatic heterocycles. The highest BCUT2D eigenvalue weighted by atomic mass is 127. The molecule has 1 atom stereocenters. The molecule has 156 valence electrons. The van der Waals surface area contributed by atoms with Gasteiger partial charge in [-0.05, 0) is 39.7 Å². The number of nitrogens with zero attached hydrogens (tertiary/aromatic N) is 2. The smallest absolute Gasteiger partial charge is 0.191 e. The number of halogens is 1. The van der Waals surface area contributed by atoms with Gasteiger partial charge in [0.15, 0.2) is 5.96 Å². The molecule has 0 saturated carbocycles. The summed E-state index contributed by atoms with van der Waals surface area (Å²) in [4.78, 5) is 7.16. The van der Waals surface area contributed by atoms with Crippen LogP contribution in [0.4, 0.5) is 0 Å². The Morgan fingerprint density at radius 2 is 2.04 bits per heavy atom. The van der Waals surface area contributed by atoms with Crippen LogP contribution in [0.3, 0.4) is 0 Å². The van der Waals surface area contributed by atoms with E-state index in [1.165, 1.54) is 32.1 Å². The second-order valence-electron chi connectivity index (χ2n) is 6.66. The van der Waals surface area contributed by atoms with Gasteiger partial charge in [0.1, 0.15) is 9.84 Å². The maximum atomic E-state index is 11.0. The van der Waals surface area contributed by atoms with Gasteiger partial charge < -0.3 is 20.3 Å². The first kappa shape index (κ1) is 25.9. The molecule has 0 aromatic rings. The molecule has 1 saturated heterocycles. The molecule has 1 aliphatic rings. The molecule has 9 heteroatoms. The first-order valence-electron chi connectivity index (χ1n) is 9.44. The molecule has 1 unspecified atom stereocenters. The monoisotopic (exact) mass is 504 g/mol. The van der Waals surface area contributed by atoms with E-state index in [9.17, 15) is 8.42 Å². The quantitative estimate of drug-likeness (QED) is 0.192. The molecule has 0 aromatic heterocycles. The normalized spacial score (nSPS) is 19.0. The number of nitrogens with one attached hydrogen (secondary N) is 2. The fourth-order valence-corrected chi connectivity index (χ4v) is 3.27. The van der Waals surface area contributed by atoms with Crippen molar-refractivity contribution in [2.24, 2.45) is 4.99 Å². The molecular weight excluding hydrogens is 467 g/mol. The number of likely N-dealkylation sites (tertiary alicyclic amines) is 1. The number of rotatable bonds is 11. The lowest BCUT2D eigenvalue weighted by Gasteiger charge is -2.33. The van der Waals surface area contributed by atoms with Crippen LogP contribution in [0.1, 0.15) is 39.5 Å². The van der Waals surface area contributed by atoms with Gasteiger partial charge in [0.25, 0.3) is 0 Å². The van der Waals surface area contributed by atoms with Gasteiger partial charge in [0.2, 0.25) is 0 Å². The molecule has 0 spiro atoms. The van der Waals surface area contributed by atoms with Crippen molar-refractivity contribution in [2.75, 3.05) is 57.9 Å². The van der Waals surface area contributed by atoms with E-state index < -0.39 is 9.84 Å². The van der Waals surface area contributed by atoms with Crippen molar-refractivity contribution in [3.05, 3.63) is 0 Å². The molecule has 0 bridgehead atoms. The van der Waals surface area contributed by atoms with E-state index in [0.29, 0.717) is 19.2 Å². The van der Waals surface area contributed by atoms with Crippen LogP contribution in [0.5, 0.6) is 0 Å². The van der Waals surface area contributed by atoms with E-state index in [2.05, 4.69) is 27.4 Å². The summed E-state index contributed by atoms with van der Waals surface area (Å²) in [5.41, 5.74) is 0. The molecule has 0 aliphatic carbocycles. The van der Waals surface area contributed by atoms with Gasteiger partial charge in [0, 0.05) is 38.5 Å². The van der Waals surface area contributed by atoms with Crippen LogP contribution < -0.4 is 10.6 Å². The second kappa shape index (κ2) is 14.9. The Labute approximate surface area is 176 Å². The average molecular weight is 504 g/mol. The highest BCUT2D eigenvalue weighted by Gasteiger charge is 2.16. The third-order valence-electron chi connectivity index (χ3n) is 4.30. The van der Waals surface area contributed by atoms with E-state index in [-0.39, 0.29) is 36.3 Å². The van der Waals surface area contributed by atoms with E-state index in [1.54, 1.807) is 0 Å². The van der Waals surface area contributed by atoms with Crippen LogP contribution in [0.25, 0.3) is 0 Å². The average Bonchev–Trinajstić information content (AvgIpc) is 2.55. The summed E-state index contributed by atoms with van der Waals surface area (Å²) < 4.78 is 27.3. The zero-order chi connectivity index (χ0) is 18.5. The molecule has 0 amide bonds. The summed E-state index contributed by atoms with van der Waals surface area (Å²) in [5.74, 6) is 0.858. The van der Waals surface area contributed by atoms with E-state index in [1.807, 2.05) is 6.92 Å². The van der Waals surface area contributed by atoms with Gasteiger partial charge in [-0.3, -0.25) is 4.99 Å². The Balaban J connectivity index is 0.00000625. The van der Waals surface area contributed by atoms with Crippen molar-refractivity contribution >= 4 is 39.8 Å². The molecular formula is C17H37IN4O3S. The van der Waals surface area contributed by atoms with Crippen molar-refractivity contribution in [1.82, 2.24) is 15.5 Å². The Hall–Kier alpha value is -0.130. The Morgan fingerprint density at radius 1 is 1.27 bits per heavy atom. The summed E-state index contributed by atoms with van der Waals surface area (Å²) in [7, 11) is -2.95. The van der Waals surface area contributed by atoms with Crippen LogP contribution in [0, 0.1) is 0 Å². The molecule has 1 rings (SSSR count).